The van der Waals surface area contributed by atoms with Crippen LogP contribution in [0.25, 0.3) is 0 Å². The van der Waals surface area contributed by atoms with Crippen LogP contribution in [0, 0.1) is 5.82 Å². The van der Waals surface area contributed by atoms with E-state index in [1.807, 2.05) is 0 Å². The van der Waals surface area contributed by atoms with Crippen LogP contribution < -0.4 is 4.72 Å². The summed E-state index contributed by atoms with van der Waals surface area (Å²) in [6.45, 7) is 0.921. The third-order valence-corrected chi connectivity index (χ3v) is 5.63. The highest BCUT2D eigenvalue weighted by Crippen LogP contribution is 2.28. The molecule has 0 spiro atoms. The first-order valence-electron chi connectivity index (χ1n) is 7.30. The number of nitrogens with zero attached hydrogens (tertiary/aromatic N) is 3. The monoisotopic (exact) mass is 374 g/mol. The third-order valence-electron chi connectivity index (χ3n) is 3.67. The standard InChI is InChI=1S/C14H16ClFN4O3S/c1-23-8-13-17-14-11(3-2-6-20(14)18-13)19-24(21,22)12-5-4-9(16)7-10(12)15/h4-5,7,11,19H,2-3,6,8H2,1H3/t11-/m0/s1. The van der Waals surface area contributed by atoms with Crippen LogP contribution in [0.2, 0.25) is 5.02 Å². The average Bonchev–Trinajstić information content (AvgIpc) is 2.90. The van der Waals surface area contributed by atoms with Gasteiger partial charge in [0, 0.05) is 13.7 Å². The highest BCUT2D eigenvalue weighted by molar-refractivity contribution is 7.89. The molecule has 0 aliphatic carbocycles. The van der Waals surface area contributed by atoms with E-state index in [0.29, 0.717) is 24.6 Å². The van der Waals surface area contributed by atoms with E-state index in [1.165, 1.54) is 7.11 Å². The molecule has 7 nitrogen and oxygen atoms in total. The van der Waals surface area contributed by atoms with E-state index in [4.69, 9.17) is 16.3 Å². The summed E-state index contributed by atoms with van der Waals surface area (Å²) in [5, 5.41) is 4.13. The fourth-order valence-corrected chi connectivity index (χ4v) is 4.40. The molecule has 24 heavy (non-hydrogen) atoms. The summed E-state index contributed by atoms with van der Waals surface area (Å²) >= 11 is 5.87. The van der Waals surface area contributed by atoms with Crippen molar-refractivity contribution in [3.63, 3.8) is 0 Å². The van der Waals surface area contributed by atoms with Crippen LogP contribution in [-0.4, -0.2) is 30.3 Å². The van der Waals surface area contributed by atoms with Gasteiger partial charge in [0.05, 0.1) is 11.1 Å². The maximum Gasteiger partial charge on any atom is 0.242 e. The molecule has 130 valence electrons. The maximum atomic E-state index is 13.1. The molecule has 0 saturated heterocycles. The highest BCUT2D eigenvalue weighted by atomic mass is 35.5. The van der Waals surface area contributed by atoms with Crippen LogP contribution in [0.1, 0.15) is 30.5 Å². The molecule has 1 aromatic heterocycles. The van der Waals surface area contributed by atoms with Gasteiger partial charge in [-0.3, -0.25) is 0 Å². The first-order chi connectivity index (χ1) is 11.4. The first kappa shape index (κ1) is 17.3. The maximum absolute atomic E-state index is 13.1. The van der Waals surface area contributed by atoms with Crippen molar-refractivity contribution in [2.45, 2.75) is 36.9 Å². The van der Waals surface area contributed by atoms with Gasteiger partial charge in [-0.2, -0.15) is 5.10 Å². The molecule has 0 bridgehead atoms. The van der Waals surface area contributed by atoms with E-state index in [1.54, 1.807) is 4.68 Å². The number of ether oxygens (including phenoxy) is 1. The predicted molar refractivity (Wildman–Crippen MR) is 84.4 cm³/mol. The molecule has 1 aromatic carbocycles. The molecule has 0 radical (unpaired) electrons. The van der Waals surface area contributed by atoms with Crippen LogP contribution in [-0.2, 0) is 27.9 Å². The third kappa shape index (κ3) is 3.44. The molecule has 1 N–H and O–H groups in total. The van der Waals surface area contributed by atoms with Crippen molar-refractivity contribution < 1.29 is 17.5 Å². The second-order valence-corrected chi connectivity index (χ2v) is 7.52. The van der Waals surface area contributed by atoms with E-state index < -0.39 is 21.9 Å². The Balaban J connectivity index is 1.89. The number of fused-ring (bicyclic) bond motifs is 1. The van der Waals surface area contributed by atoms with Gasteiger partial charge in [-0.1, -0.05) is 11.6 Å². The molecule has 1 aliphatic rings. The minimum Gasteiger partial charge on any atom is -0.377 e. The zero-order chi connectivity index (χ0) is 17.3. The SMILES string of the molecule is COCc1nc2n(n1)CCC[C@@H]2NS(=O)(=O)c1ccc(F)cc1Cl. The summed E-state index contributed by atoms with van der Waals surface area (Å²) in [5.74, 6) is 0.439. The molecule has 3 rings (SSSR count). The summed E-state index contributed by atoms with van der Waals surface area (Å²) in [6.07, 6.45) is 1.34. The van der Waals surface area contributed by atoms with Gasteiger partial charge in [-0.15, -0.1) is 0 Å². The lowest BCUT2D eigenvalue weighted by Gasteiger charge is -2.23. The van der Waals surface area contributed by atoms with E-state index >= 15 is 0 Å². The molecule has 0 fully saturated rings. The van der Waals surface area contributed by atoms with Gasteiger partial charge in [0.15, 0.2) is 5.82 Å². The van der Waals surface area contributed by atoms with Crippen molar-refractivity contribution in [2.24, 2.45) is 0 Å². The highest BCUT2D eigenvalue weighted by Gasteiger charge is 2.30. The van der Waals surface area contributed by atoms with Gasteiger partial charge in [0.2, 0.25) is 10.0 Å². The quantitative estimate of drug-likeness (QED) is 0.865. The number of halogens is 2. The number of nitrogens with one attached hydrogen (secondary N) is 1. The normalized spacial score (nSPS) is 17.7. The molecular weight excluding hydrogens is 359 g/mol. The fourth-order valence-electron chi connectivity index (χ4n) is 2.65. The van der Waals surface area contributed by atoms with Crippen molar-refractivity contribution in [3.05, 3.63) is 40.7 Å². The molecule has 0 saturated carbocycles. The molecule has 1 atom stereocenters. The second-order valence-electron chi connectivity index (χ2n) is 5.43. The molecule has 0 unspecified atom stereocenters. The Bertz CT molecular complexity index is 856. The fraction of sp³-hybridized carbons (Fsp3) is 0.429. The number of methoxy groups -OCH3 is 1. The molecule has 2 heterocycles. The van der Waals surface area contributed by atoms with Gasteiger partial charge >= 0.3 is 0 Å². The average molecular weight is 375 g/mol. The van der Waals surface area contributed by atoms with Crippen LogP contribution in [0.4, 0.5) is 4.39 Å². The second kappa shape index (κ2) is 6.75. The van der Waals surface area contributed by atoms with Crippen LogP contribution in [0.3, 0.4) is 0 Å². The number of rotatable bonds is 5. The number of benzene rings is 1. The summed E-state index contributed by atoms with van der Waals surface area (Å²) in [6, 6.07) is 2.64. The van der Waals surface area contributed by atoms with E-state index in [0.717, 1.165) is 24.6 Å². The lowest BCUT2D eigenvalue weighted by atomic mass is 10.1. The molecule has 0 amide bonds. The number of aromatic nitrogens is 3. The van der Waals surface area contributed by atoms with Gasteiger partial charge < -0.3 is 4.74 Å². The zero-order valence-corrected chi connectivity index (χ0v) is 14.4. The zero-order valence-electron chi connectivity index (χ0n) is 12.9. The van der Waals surface area contributed by atoms with Gasteiger partial charge in [0.25, 0.3) is 0 Å². The summed E-state index contributed by atoms with van der Waals surface area (Å²) < 4.78 is 47.6. The van der Waals surface area contributed by atoms with E-state index in [-0.39, 0.29) is 16.5 Å². The Kier molecular flexibility index (Phi) is 4.86. The molecule has 1 aliphatic heterocycles. The molecular formula is C14H16ClFN4O3S. The minimum absolute atomic E-state index is 0.167. The van der Waals surface area contributed by atoms with E-state index in [2.05, 4.69) is 14.8 Å². The Hall–Kier alpha value is -1.55. The Morgan fingerprint density at radius 2 is 2.29 bits per heavy atom. The largest absolute Gasteiger partial charge is 0.377 e. The van der Waals surface area contributed by atoms with Crippen molar-refractivity contribution in [3.8, 4) is 0 Å². The number of hydrogen-bond donors (Lipinski definition) is 1. The van der Waals surface area contributed by atoms with Crippen molar-refractivity contribution in [2.75, 3.05) is 7.11 Å². The molecule has 10 heteroatoms. The van der Waals surface area contributed by atoms with Crippen molar-refractivity contribution >= 4 is 21.6 Å². The number of hydrogen-bond acceptors (Lipinski definition) is 5. The Morgan fingerprint density at radius 3 is 3.00 bits per heavy atom. The minimum atomic E-state index is -3.91. The van der Waals surface area contributed by atoms with Gasteiger partial charge in [-0.25, -0.2) is 27.2 Å². The van der Waals surface area contributed by atoms with Crippen LogP contribution >= 0.6 is 11.6 Å². The van der Waals surface area contributed by atoms with E-state index in [9.17, 15) is 12.8 Å². The van der Waals surface area contributed by atoms with Crippen LogP contribution in [0.5, 0.6) is 0 Å². The van der Waals surface area contributed by atoms with Gasteiger partial charge in [0.1, 0.15) is 23.1 Å². The predicted octanol–water partition coefficient (Wildman–Crippen LogP) is 2.03. The van der Waals surface area contributed by atoms with Crippen LogP contribution in [0.15, 0.2) is 23.1 Å². The number of sulfonamides is 1. The smallest absolute Gasteiger partial charge is 0.242 e. The lowest BCUT2D eigenvalue weighted by Crippen LogP contribution is -2.33. The Labute approximate surface area is 143 Å². The summed E-state index contributed by atoms with van der Waals surface area (Å²) in [4.78, 5) is 4.18. The summed E-state index contributed by atoms with van der Waals surface area (Å²) in [7, 11) is -2.38. The molecule has 2 aromatic rings. The van der Waals surface area contributed by atoms with Crippen molar-refractivity contribution in [1.82, 2.24) is 19.5 Å². The van der Waals surface area contributed by atoms with Gasteiger partial charge in [-0.05, 0) is 31.0 Å². The topological polar surface area (TPSA) is 86.1 Å². The lowest BCUT2D eigenvalue weighted by molar-refractivity contribution is 0.177. The summed E-state index contributed by atoms with van der Waals surface area (Å²) in [5.41, 5.74) is 0. The Morgan fingerprint density at radius 1 is 1.50 bits per heavy atom. The first-order valence-corrected chi connectivity index (χ1v) is 9.17. The number of aryl methyl sites for hydroxylation is 1. The van der Waals surface area contributed by atoms with Crippen molar-refractivity contribution in [1.29, 1.82) is 0 Å².